The molecule has 1 spiro atoms. The molecule has 2 heterocycles. The second kappa shape index (κ2) is 7.67. The topological polar surface area (TPSA) is 143 Å². The van der Waals surface area contributed by atoms with E-state index in [1.165, 1.54) is 12.1 Å². The molecular formula is C21H13Cl2FN4O6. The van der Waals surface area contributed by atoms with Crippen molar-refractivity contribution in [3.63, 3.8) is 0 Å². The number of hydrogen-bond donors (Lipinski definition) is 3. The zero-order chi connectivity index (χ0) is 24.4. The van der Waals surface area contributed by atoms with Crippen LogP contribution in [0, 0.1) is 5.82 Å². The number of fused-ring (bicyclic) bond motifs is 2. The second-order valence-electron chi connectivity index (χ2n) is 7.88. The molecule has 3 aromatic rings. The Labute approximate surface area is 198 Å². The predicted molar refractivity (Wildman–Crippen MR) is 118 cm³/mol. The Bertz CT molecular complexity index is 1510. The Morgan fingerprint density at radius 2 is 1.82 bits per heavy atom. The summed E-state index contributed by atoms with van der Waals surface area (Å²) in [6.45, 7) is 0. The lowest BCUT2D eigenvalue weighted by molar-refractivity contribution is -0.123. The molecule has 1 fully saturated rings. The van der Waals surface area contributed by atoms with Crippen LogP contribution in [-0.4, -0.2) is 31.7 Å². The number of H-pyrrole nitrogens is 1. The van der Waals surface area contributed by atoms with Gasteiger partial charge in [-0.05, 0) is 36.6 Å². The number of benzene rings is 2. The van der Waals surface area contributed by atoms with E-state index in [-0.39, 0.29) is 38.8 Å². The van der Waals surface area contributed by atoms with Crippen molar-refractivity contribution in [3.8, 4) is 17.2 Å². The van der Waals surface area contributed by atoms with Gasteiger partial charge in [0, 0.05) is 6.07 Å². The molecule has 0 atom stereocenters. The number of carboxylic acid groups (broad SMARTS) is 1. The van der Waals surface area contributed by atoms with Gasteiger partial charge in [-0.1, -0.05) is 29.6 Å². The van der Waals surface area contributed by atoms with Gasteiger partial charge in [0.15, 0.2) is 11.6 Å². The van der Waals surface area contributed by atoms with Crippen LogP contribution in [0.25, 0.3) is 5.69 Å². The van der Waals surface area contributed by atoms with Crippen molar-refractivity contribution >= 4 is 40.8 Å². The van der Waals surface area contributed by atoms with Crippen molar-refractivity contribution in [1.29, 1.82) is 0 Å². The number of anilines is 1. The molecule has 1 saturated carbocycles. The maximum absolute atomic E-state index is 14.7. The lowest BCUT2D eigenvalue weighted by Crippen LogP contribution is -2.40. The summed E-state index contributed by atoms with van der Waals surface area (Å²) in [6, 6.07) is 5.07. The monoisotopic (exact) mass is 506 g/mol. The Balaban J connectivity index is 1.54. The van der Waals surface area contributed by atoms with Crippen LogP contribution in [0.5, 0.6) is 11.5 Å². The molecule has 1 aliphatic carbocycles. The largest absolute Gasteiger partial charge is 0.476 e. The molecule has 0 bridgehead atoms. The number of amides is 1. The molecule has 174 valence electrons. The van der Waals surface area contributed by atoms with E-state index in [2.05, 4.69) is 10.4 Å². The first kappa shape index (κ1) is 22.1. The van der Waals surface area contributed by atoms with E-state index in [0.717, 1.165) is 12.5 Å². The van der Waals surface area contributed by atoms with Crippen molar-refractivity contribution < 1.29 is 23.8 Å². The van der Waals surface area contributed by atoms with Gasteiger partial charge in [0.05, 0.1) is 26.8 Å². The van der Waals surface area contributed by atoms with E-state index in [9.17, 15) is 23.6 Å². The molecule has 10 nitrogen and oxygen atoms in total. The molecular weight excluding hydrogens is 494 g/mol. The number of aromatic amines is 1. The van der Waals surface area contributed by atoms with Gasteiger partial charge < -0.3 is 15.2 Å². The smallest absolute Gasteiger partial charge is 0.362 e. The normalized spacial score (nSPS) is 15.6. The first-order valence-electron chi connectivity index (χ1n) is 9.90. The fraction of sp³-hybridized carbons (Fsp3) is 0.190. The number of halogens is 3. The van der Waals surface area contributed by atoms with Crippen molar-refractivity contribution in [1.82, 2.24) is 14.8 Å². The summed E-state index contributed by atoms with van der Waals surface area (Å²) in [5, 5.41) is 15.0. The van der Waals surface area contributed by atoms with Crippen LogP contribution >= 0.6 is 23.2 Å². The minimum Gasteiger partial charge on any atom is -0.476 e. The van der Waals surface area contributed by atoms with Crippen molar-refractivity contribution in [3.05, 3.63) is 72.2 Å². The second-order valence-corrected chi connectivity index (χ2v) is 8.70. The van der Waals surface area contributed by atoms with Gasteiger partial charge in [-0.3, -0.25) is 14.6 Å². The van der Waals surface area contributed by atoms with Crippen molar-refractivity contribution in [2.24, 2.45) is 0 Å². The zero-order valence-electron chi connectivity index (χ0n) is 16.9. The number of rotatable bonds is 4. The van der Waals surface area contributed by atoms with Gasteiger partial charge in [-0.2, -0.15) is 9.78 Å². The number of aromatic nitrogens is 3. The molecule has 5 rings (SSSR count). The van der Waals surface area contributed by atoms with E-state index in [0.29, 0.717) is 23.1 Å². The third-order valence-corrected chi connectivity index (χ3v) is 6.50. The quantitative estimate of drug-likeness (QED) is 0.492. The van der Waals surface area contributed by atoms with Gasteiger partial charge in [0.1, 0.15) is 5.75 Å². The summed E-state index contributed by atoms with van der Waals surface area (Å²) in [4.78, 5) is 49.2. The van der Waals surface area contributed by atoms with Crippen LogP contribution in [-0.2, 0) is 10.2 Å². The average Bonchev–Trinajstić information content (AvgIpc) is 3.03. The summed E-state index contributed by atoms with van der Waals surface area (Å²) in [5.41, 5.74) is -3.27. The van der Waals surface area contributed by atoms with Crippen molar-refractivity contribution in [2.75, 3.05) is 5.32 Å². The fourth-order valence-corrected chi connectivity index (χ4v) is 4.68. The highest BCUT2D eigenvalue weighted by molar-refractivity contribution is 6.37. The Morgan fingerprint density at radius 3 is 2.41 bits per heavy atom. The standard InChI is InChI=1S/C21H13Cl2FN4O6/c22-11-4-8(28-20(33)26-17(29)15(27-28)18(30)31)5-12(23)16(11)34-9-6-10-14(13(24)7-9)25-19(32)21(10)2-1-3-21/h4-7H,1-3H2,(H,25,32)(H,30,31)(H,26,29,33). The molecule has 1 aliphatic heterocycles. The number of nitrogens with one attached hydrogen (secondary N) is 2. The Kier molecular flexibility index (Phi) is 4.99. The molecule has 1 amide bonds. The number of nitrogens with zero attached hydrogens (tertiary/aromatic N) is 2. The lowest BCUT2D eigenvalue weighted by atomic mass is 9.65. The highest BCUT2D eigenvalue weighted by Gasteiger charge is 2.52. The molecule has 3 N–H and O–H groups in total. The lowest BCUT2D eigenvalue weighted by Gasteiger charge is -2.36. The average molecular weight is 507 g/mol. The number of carbonyl (C=O) groups excluding carboxylic acids is 1. The van der Waals surface area contributed by atoms with Crippen LogP contribution in [0.15, 0.2) is 33.9 Å². The highest BCUT2D eigenvalue weighted by atomic mass is 35.5. The van der Waals surface area contributed by atoms with Crippen LogP contribution in [0.2, 0.25) is 10.0 Å². The van der Waals surface area contributed by atoms with Crippen LogP contribution < -0.4 is 21.3 Å². The van der Waals surface area contributed by atoms with E-state index >= 15 is 0 Å². The molecule has 0 unspecified atom stereocenters. The zero-order valence-corrected chi connectivity index (χ0v) is 18.5. The highest BCUT2D eigenvalue weighted by Crippen LogP contribution is 2.53. The van der Waals surface area contributed by atoms with Crippen LogP contribution in [0.4, 0.5) is 10.1 Å². The summed E-state index contributed by atoms with van der Waals surface area (Å²) in [5.74, 6) is -2.56. The van der Waals surface area contributed by atoms with Gasteiger partial charge >= 0.3 is 11.7 Å². The summed E-state index contributed by atoms with van der Waals surface area (Å²) in [7, 11) is 0. The third-order valence-electron chi connectivity index (χ3n) is 5.94. The van der Waals surface area contributed by atoms with Gasteiger partial charge in [0.2, 0.25) is 11.6 Å². The SMILES string of the molecule is O=C(O)c1nn(-c2cc(Cl)c(Oc3cc(F)c4c(c3)C3(CCC3)C(=O)N4)c(Cl)c2)c(=O)[nH]c1=O. The minimum absolute atomic E-state index is 0.0468. The van der Waals surface area contributed by atoms with Gasteiger partial charge in [-0.25, -0.2) is 14.0 Å². The first-order valence-corrected chi connectivity index (χ1v) is 10.7. The third kappa shape index (κ3) is 3.27. The summed E-state index contributed by atoms with van der Waals surface area (Å²) >= 11 is 12.6. The molecule has 0 saturated heterocycles. The van der Waals surface area contributed by atoms with Crippen LogP contribution in [0.3, 0.4) is 0 Å². The first-order chi connectivity index (χ1) is 16.1. The fourth-order valence-electron chi connectivity index (χ4n) is 4.13. The molecule has 2 aliphatic rings. The summed E-state index contributed by atoms with van der Waals surface area (Å²) in [6.07, 6.45) is 2.05. The molecule has 0 radical (unpaired) electrons. The summed E-state index contributed by atoms with van der Waals surface area (Å²) < 4.78 is 21.1. The molecule has 1 aromatic heterocycles. The molecule has 34 heavy (non-hydrogen) atoms. The van der Waals surface area contributed by atoms with Crippen LogP contribution in [0.1, 0.15) is 35.3 Å². The van der Waals surface area contributed by atoms with Gasteiger partial charge in [-0.15, -0.1) is 0 Å². The number of hydrogen-bond acceptors (Lipinski definition) is 6. The maximum atomic E-state index is 14.7. The van der Waals surface area contributed by atoms with Gasteiger partial charge in [0.25, 0.3) is 5.56 Å². The van der Waals surface area contributed by atoms with E-state index in [4.69, 9.17) is 33.0 Å². The van der Waals surface area contributed by atoms with Crippen molar-refractivity contribution in [2.45, 2.75) is 24.7 Å². The van der Waals surface area contributed by atoms with E-state index in [1.54, 1.807) is 6.07 Å². The predicted octanol–water partition coefficient (Wildman–Crippen LogP) is 3.23. The number of carboxylic acids is 1. The maximum Gasteiger partial charge on any atom is 0.362 e. The molecule has 13 heteroatoms. The van der Waals surface area contributed by atoms with E-state index in [1.807, 2.05) is 4.98 Å². The molecule has 2 aromatic carbocycles. The number of ether oxygens (including phenoxy) is 1. The number of carbonyl (C=O) groups is 2. The minimum atomic E-state index is -1.64. The number of aromatic carboxylic acids is 1. The van der Waals surface area contributed by atoms with E-state index < -0.39 is 34.1 Å². The Hall–Kier alpha value is -3.70. The Morgan fingerprint density at radius 1 is 1.15 bits per heavy atom.